The van der Waals surface area contributed by atoms with Crippen LogP contribution in [0.2, 0.25) is 0 Å². The van der Waals surface area contributed by atoms with Gasteiger partial charge in [0.15, 0.2) is 0 Å². The number of anilines is 1. The first-order valence-electron chi connectivity index (χ1n) is 8.67. The Balaban J connectivity index is 1.48. The van der Waals surface area contributed by atoms with E-state index in [0.717, 1.165) is 11.3 Å². The Kier molecular flexibility index (Phi) is 3.97. The molecule has 1 saturated heterocycles. The van der Waals surface area contributed by atoms with E-state index in [1.807, 2.05) is 12.2 Å². The molecule has 4 rings (SSSR count). The van der Waals surface area contributed by atoms with Crippen molar-refractivity contribution in [2.75, 3.05) is 5.32 Å². The predicted molar refractivity (Wildman–Crippen MR) is 95.5 cm³/mol. The standard InChI is InChI=1S/C18H19N3O5S/c1-9(16(22)20-12-4-6-13(7-5-12)27(19,25)26)21-17(23)14-10-2-3-11(8-10)15(14)18(21)24/h2-7,9-11,14-15H,8H2,1H3,(H,20,22)(H2,19,25,26)/t9-,10+,11+,14-,15-/m1/s1. The van der Waals surface area contributed by atoms with Crippen LogP contribution < -0.4 is 10.5 Å². The number of carbonyl (C=O) groups is 3. The molecule has 9 heteroatoms. The number of sulfonamides is 1. The number of hydrogen-bond acceptors (Lipinski definition) is 5. The molecule has 0 spiro atoms. The van der Waals surface area contributed by atoms with Crippen molar-refractivity contribution in [2.45, 2.75) is 24.3 Å². The predicted octanol–water partition coefficient (Wildman–Crippen LogP) is 0.468. The molecule has 0 aromatic heterocycles. The first kappa shape index (κ1) is 17.9. The molecule has 2 fully saturated rings. The van der Waals surface area contributed by atoms with Crippen LogP contribution in [-0.2, 0) is 24.4 Å². The lowest BCUT2D eigenvalue weighted by molar-refractivity contribution is -0.146. The van der Waals surface area contributed by atoms with E-state index in [2.05, 4.69) is 5.32 Å². The van der Waals surface area contributed by atoms with E-state index >= 15 is 0 Å². The summed E-state index contributed by atoms with van der Waals surface area (Å²) in [4.78, 5) is 39.1. The zero-order valence-corrected chi connectivity index (χ0v) is 15.3. The average molecular weight is 389 g/mol. The number of allylic oxidation sites excluding steroid dienone is 2. The molecule has 1 aromatic rings. The summed E-state index contributed by atoms with van der Waals surface area (Å²) in [6.07, 6.45) is 4.83. The summed E-state index contributed by atoms with van der Waals surface area (Å²) in [7, 11) is -3.82. The van der Waals surface area contributed by atoms with E-state index < -0.39 is 22.0 Å². The Labute approximate surface area is 156 Å². The molecule has 27 heavy (non-hydrogen) atoms. The fourth-order valence-electron chi connectivity index (χ4n) is 4.40. The quantitative estimate of drug-likeness (QED) is 0.572. The Morgan fingerprint density at radius 2 is 1.63 bits per heavy atom. The second-order valence-corrected chi connectivity index (χ2v) is 8.84. The van der Waals surface area contributed by atoms with Crippen molar-refractivity contribution in [1.29, 1.82) is 0 Å². The smallest absolute Gasteiger partial charge is 0.247 e. The second kappa shape index (κ2) is 6.00. The number of imide groups is 1. The number of nitrogens with zero attached hydrogens (tertiary/aromatic N) is 1. The molecule has 3 N–H and O–H groups in total. The molecule has 2 aliphatic carbocycles. The van der Waals surface area contributed by atoms with E-state index in [-0.39, 0.29) is 40.4 Å². The lowest BCUT2D eigenvalue weighted by Crippen LogP contribution is -2.46. The molecule has 0 radical (unpaired) electrons. The number of amides is 3. The minimum atomic E-state index is -3.82. The highest BCUT2D eigenvalue weighted by Gasteiger charge is 2.60. The molecule has 5 atom stereocenters. The summed E-state index contributed by atoms with van der Waals surface area (Å²) in [6, 6.07) is 4.40. The van der Waals surface area contributed by atoms with Gasteiger partial charge in [-0.1, -0.05) is 12.2 Å². The monoisotopic (exact) mass is 389 g/mol. The molecular formula is C18H19N3O5S. The number of carbonyl (C=O) groups excluding carboxylic acids is 3. The molecule has 3 amide bonds. The largest absolute Gasteiger partial charge is 0.324 e. The average Bonchev–Trinajstić information content (AvgIpc) is 3.28. The van der Waals surface area contributed by atoms with Crippen molar-refractivity contribution in [3.63, 3.8) is 0 Å². The number of nitrogens with one attached hydrogen (secondary N) is 1. The van der Waals surface area contributed by atoms with Crippen molar-refractivity contribution in [3.8, 4) is 0 Å². The minimum Gasteiger partial charge on any atom is -0.324 e. The van der Waals surface area contributed by atoms with Gasteiger partial charge in [0.25, 0.3) is 0 Å². The van der Waals surface area contributed by atoms with Gasteiger partial charge in [-0.15, -0.1) is 0 Å². The van der Waals surface area contributed by atoms with E-state index in [1.54, 1.807) is 0 Å². The number of primary sulfonamides is 1. The Morgan fingerprint density at radius 1 is 1.11 bits per heavy atom. The fraction of sp³-hybridized carbons (Fsp3) is 0.389. The third-order valence-corrected chi connectivity index (χ3v) is 6.65. The summed E-state index contributed by atoms with van der Waals surface area (Å²) < 4.78 is 22.6. The minimum absolute atomic E-state index is 0.0748. The van der Waals surface area contributed by atoms with Crippen LogP contribution in [0.1, 0.15) is 13.3 Å². The van der Waals surface area contributed by atoms with Gasteiger partial charge in [0.05, 0.1) is 16.7 Å². The van der Waals surface area contributed by atoms with Gasteiger partial charge >= 0.3 is 0 Å². The van der Waals surface area contributed by atoms with Crippen molar-refractivity contribution in [3.05, 3.63) is 36.4 Å². The van der Waals surface area contributed by atoms with Gasteiger partial charge < -0.3 is 5.32 Å². The van der Waals surface area contributed by atoms with Gasteiger partial charge in [-0.25, -0.2) is 13.6 Å². The van der Waals surface area contributed by atoms with Crippen LogP contribution in [0, 0.1) is 23.7 Å². The Morgan fingerprint density at radius 3 is 2.11 bits per heavy atom. The van der Waals surface area contributed by atoms with E-state index in [4.69, 9.17) is 5.14 Å². The van der Waals surface area contributed by atoms with Crippen molar-refractivity contribution in [2.24, 2.45) is 28.8 Å². The molecule has 1 saturated carbocycles. The van der Waals surface area contributed by atoms with E-state index in [0.29, 0.717) is 5.69 Å². The fourth-order valence-corrected chi connectivity index (χ4v) is 4.91. The second-order valence-electron chi connectivity index (χ2n) is 7.28. The van der Waals surface area contributed by atoms with Gasteiger partial charge in [0.1, 0.15) is 6.04 Å². The van der Waals surface area contributed by atoms with Crippen molar-refractivity contribution < 1.29 is 22.8 Å². The number of rotatable bonds is 4. The zero-order chi connectivity index (χ0) is 19.5. The number of fused-ring (bicyclic) bond motifs is 5. The maximum atomic E-state index is 12.8. The Bertz CT molecular complexity index is 939. The van der Waals surface area contributed by atoms with Crippen LogP contribution in [-0.4, -0.2) is 37.1 Å². The first-order chi connectivity index (χ1) is 12.7. The van der Waals surface area contributed by atoms with E-state index in [9.17, 15) is 22.8 Å². The summed E-state index contributed by atoms with van der Waals surface area (Å²) in [6.45, 7) is 1.51. The summed E-state index contributed by atoms with van der Waals surface area (Å²) in [5.74, 6) is -1.61. The van der Waals surface area contributed by atoms with E-state index in [1.165, 1.54) is 31.2 Å². The third kappa shape index (κ3) is 2.78. The van der Waals surface area contributed by atoms with Crippen LogP contribution in [0.25, 0.3) is 0 Å². The number of hydrogen-bond donors (Lipinski definition) is 2. The SMILES string of the molecule is C[C@H](C(=O)Nc1ccc(S(N)(=O)=O)cc1)N1C(=O)[C@H]2[C@H](C1=O)[C@H]1C=C[C@H]2C1. The van der Waals surface area contributed by atoms with Gasteiger partial charge in [0, 0.05) is 5.69 Å². The van der Waals surface area contributed by atoms with Crippen LogP contribution >= 0.6 is 0 Å². The number of likely N-dealkylation sites (tertiary alicyclic amines) is 1. The highest BCUT2D eigenvalue weighted by molar-refractivity contribution is 7.89. The van der Waals surface area contributed by atoms with Gasteiger partial charge in [-0.2, -0.15) is 0 Å². The maximum absolute atomic E-state index is 12.8. The van der Waals surface area contributed by atoms with Crippen LogP contribution in [0.5, 0.6) is 0 Å². The molecule has 1 aromatic carbocycles. The lowest BCUT2D eigenvalue weighted by atomic mass is 9.85. The van der Waals surface area contributed by atoms with Gasteiger partial charge in [0.2, 0.25) is 27.7 Å². The normalized spacial score (nSPS) is 29.9. The summed E-state index contributed by atoms with van der Waals surface area (Å²) in [5.41, 5.74) is 0.347. The van der Waals surface area contributed by atoms with Gasteiger partial charge in [-0.05, 0) is 49.4 Å². The molecule has 2 bridgehead atoms. The molecule has 8 nitrogen and oxygen atoms in total. The highest BCUT2D eigenvalue weighted by atomic mass is 32.2. The summed E-state index contributed by atoms with van der Waals surface area (Å²) in [5, 5.41) is 7.65. The van der Waals surface area contributed by atoms with Crippen molar-refractivity contribution in [1.82, 2.24) is 4.90 Å². The molecule has 1 aliphatic heterocycles. The summed E-state index contributed by atoms with van der Waals surface area (Å²) >= 11 is 0. The first-order valence-corrected chi connectivity index (χ1v) is 10.2. The number of nitrogens with two attached hydrogens (primary N) is 1. The van der Waals surface area contributed by atoms with Crippen LogP contribution in [0.3, 0.4) is 0 Å². The van der Waals surface area contributed by atoms with Gasteiger partial charge in [-0.3, -0.25) is 19.3 Å². The maximum Gasteiger partial charge on any atom is 0.247 e. The highest BCUT2D eigenvalue weighted by Crippen LogP contribution is 2.52. The van der Waals surface area contributed by atoms with Crippen LogP contribution in [0.4, 0.5) is 5.69 Å². The molecule has 0 unspecified atom stereocenters. The Hall–Kier alpha value is -2.52. The zero-order valence-electron chi connectivity index (χ0n) is 14.5. The topological polar surface area (TPSA) is 127 Å². The number of benzene rings is 1. The van der Waals surface area contributed by atoms with Crippen LogP contribution in [0.15, 0.2) is 41.3 Å². The third-order valence-electron chi connectivity index (χ3n) is 5.72. The lowest BCUT2D eigenvalue weighted by Gasteiger charge is -2.23. The molecular weight excluding hydrogens is 370 g/mol. The molecule has 142 valence electrons. The molecule has 1 heterocycles. The molecule has 3 aliphatic rings. The van der Waals surface area contributed by atoms with Crippen molar-refractivity contribution >= 4 is 33.4 Å².